The number of carbonyl (C=O) groups is 5. The van der Waals surface area contributed by atoms with Crippen molar-refractivity contribution in [1.29, 1.82) is 0 Å². The Morgan fingerprint density at radius 3 is 1.57 bits per heavy atom. The molecular weight excluding hydrogens is 1420 g/mol. The normalized spacial score (nSPS) is 14.9. The molecule has 46 heavy (non-hydrogen) atoms. The van der Waals surface area contributed by atoms with E-state index in [0.29, 0.717) is 13.3 Å². The summed E-state index contributed by atoms with van der Waals surface area (Å²) < 4.78 is 23.6. The molecule has 0 bridgehead atoms. The monoisotopic (exact) mass is 1470 g/mol. The summed E-state index contributed by atoms with van der Waals surface area (Å²) in [6.07, 6.45) is 1.11. The van der Waals surface area contributed by atoms with E-state index < -0.39 is 48.5 Å². The smallest absolute Gasteiger partial charge is 0.197 e. The van der Waals surface area contributed by atoms with E-state index in [4.69, 9.17) is 19.6 Å². The quantitative estimate of drug-likeness (QED) is 0.0589. The Balaban J connectivity index is -0.0000000488. The Kier molecular flexibility index (Phi) is 67.1. The zero-order chi connectivity index (χ0) is 32.8. The summed E-state index contributed by atoms with van der Waals surface area (Å²) in [5, 5.41) is -0.223. The molecule has 1 rings (SSSR count). The van der Waals surface area contributed by atoms with Crippen LogP contribution in [0.4, 0.5) is 0 Å². The van der Waals surface area contributed by atoms with Gasteiger partial charge >= 0.3 is 68.4 Å². The largest absolute Gasteiger partial charge is 0.197 e. The number of ether oxygens (including phenoxy) is 3. The fourth-order valence-electron chi connectivity index (χ4n) is 1.35. The minimum atomic E-state index is -2.93. The first-order valence-electron chi connectivity index (χ1n) is 9.65. The molecule has 1 aliphatic rings. The van der Waals surface area contributed by atoms with Crippen molar-refractivity contribution in [2.24, 2.45) is 0 Å². The van der Waals surface area contributed by atoms with Crippen LogP contribution in [-0.4, -0.2) is 96.3 Å². The molecule has 0 aromatic carbocycles. The molecule has 23 heteroatoms. The van der Waals surface area contributed by atoms with Gasteiger partial charge in [-0.05, 0) is 17.1 Å². The summed E-state index contributed by atoms with van der Waals surface area (Å²) in [5.41, 5.74) is 0. The van der Waals surface area contributed by atoms with Crippen molar-refractivity contribution in [3.8, 4) is 0 Å². The van der Waals surface area contributed by atoms with Crippen molar-refractivity contribution >= 4 is 225 Å². The van der Waals surface area contributed by atoms with Crippen LogP contribution in [0.25, 0.3) is 0 Å². The van der Waals surface area contributed by atoms with Crippen molar-refractivity contribution in [1.82, 2.24) is 0 Å². The van der Waals surface area contributed by atoms with Gasteiger partial charge in [0.15, 0.2) is 11.1 Å². The summed E-state index contributed by atoms with van der Waals surface area (Å²) in [4.78, 5) is 54.0. The maximum Gasteiger partial charge on any atom is -0.197 e. The Labute approximate surface area is 371 Å². The van der Waals surface area contributed by atoms with E-state index in [1.165, 1.54) is 35.2 Å². The minimum absolute atomic E-state index is 0. The summed E-state index contributed by atoms with van der Waals surface area (Å²) >= 11 is 14.7. The van der Waals surface area contributed by atoms with E-state index in [-0.39, 0.29) is 113 Å². The predicted octanol–water partition coefficient (Wildman–Crippen LogP) is 4.98. The fraction of sp³-hybridized carbons (Fsp3) is 0.522. The van der Waals surface area contributed by atoms with Crippen LogP contribution in [0.1, 0.15) is 36.1 Å². The molecule has 3 atom stereocenters. The first-order valence-corrected chi connectivity index (χ1v) is 37.3. The zero-order valence-electron chi connectivity index (χ0n) is 23.9. The maximum atomic E-state index is 11.3. The summed E-state index contributed by atoms with van der Waals surface area (Å²) in [6, 6.07) is 0. The van der Waals surface area contributed by atoms with Crippen LogP contribution in [-0.2, 0) is 64.9 Å². The molecule has 0 aliphatic carbocycles. The molecule has 1 fully saturated rings. The number of esters is 3. The van der Waals surface area contributed by atoms with Gasteiger partial charge in [-0.3, -0.25) is 27.5 Å². The molecule has 1 saturated heterocycles. The van der Waals surface area contributed by atoms with Crippen LogP contribution in [0.5, 0.6) is 0 Å². The van der Waals surface area contributed by atoms with Crippen molar-refractivity contribution in [2.45, 2.75) is 36.1 Å². The number of hydrogen-bond donors (Lipinski definition) is 0. The van der Waals surface area contributed by atoms with Gasteiger partial charge < -0.3 is 14.2 Å². The van der Waals surface area contributed by atoms with Gasteiger partial charge in [-0.15, -0.1) is 33.5 Å². The third-order valence-electron chi connectivity index (χ3n) is 3.88. The van der Waals surface area contributed by atoms with Crippen LogP contribution in [0.2, 0.25) is 0 Å². The molecule has 0 amide bonds. The van der Waals surface area contributed by atoms with Gasteiger partial charge in [0.05, 0.1) is 32.8 Å². The Morgan fingerprint density at radius 1 is 0.978 bits per heavy atom. The standard InChI is InChI=1S/C8H14O4S3.C8H14O4S2.C4H6O2.3CH4.I3.I2.HI.2H2S/c1-11-7(9)5-14(3)15(4,13)6-8(10)12-2;1-7(9)13(3)5-11-14(4,6-12-14)8(2)10;1-3-4(5)6-2;;;;1-3-2;1-2;;;/h3-6H2,1-2H3;3-6H2,1-2H3;3H,1H2,2H3;3*1H4;;;1H;2*1H2/q;;;;;;-1;;;;. The molecule has 0 aromatic heterocycles. The zero-order valence-corrected chi connectivity index (χ0v) is 43.1. The Hall–Kier alpha value is 3.59. The minimum Gasteiger partial charge on any atom is -0.197 e. The maximum absolute atomic E-state index is 11.3. The van der Waals surface area contributed by atoms with Gasteiger partial charge in [-0.1, -0.05) is 64.2 Å². The SMILES string of the molecule is C.C.C.C=CC(=O)OC.C=S(CC(=O)OC)S(=C)(=S)CC(=O)OC.C=S(COS1(=C)(C(C)=O)CO1)C(C)=O.I.II.I[I-]I.S.S. The molecule has 0 radical (unpaired) electrons. The molecule has 3 unspecified atom stereocenters. The van der Waals surface area contributed by atoms with Gasteiger partial charge in [0.1, 0.15) is 5.94 Å². The first kappa shape index (κ1) is 74.7. The van der Waals surface area contributed by atoms with E-state index in [1.54, 1.807) is 0 Å². The van der Waals surface area contributed by atoms with Gasteiger partial charge in [-0.25, -0.2) is 4.79 Å². The Bertz CT molecular complexity index is 1100. The number of carbonyl (C=O) groups excluding carboxylic acids is 5. The number of methoxy groups -OCH3 is 3. The topological polar surface area (TPSA) is 135 Å². The molecule has 288 valence electrons. The van der Waals surface area contributed by atoms with E-state index in [1.807, 2.05) is 0 Å². The molecule has 0 spiro atoms. The number of hydrogen-bond acceptors (Lipinski definition) is 11. The first-order chi connectivity index (χ1) is 18.3. The van der Waals surface area contributed by atoms with Crippen LogP contribution >= 0.6 is 155 Å². The van der Waals surface area contributed by atoms with Gasteiger partial charge in [0, 0.05) is 57.2 Å². The van der Waals surface area contributed by atoms with Crippen molar-refractivity contribution in [3.63, 3.8) is 0 Å². The third kappa shape index (κ3) is 37.4. The van der Waals surface area contributed by atoms with Crippen molar-refractivity contribution in [3.05, 3.63) is 12.7 Å². The predicted molar refractivity (Wildman–Crippen MR) is 268 cm³/mol. The molecule has 1 aliphatic heterocycles. The van der Waals surface area contributed by atoms with E-state index in [9.17, 15) is 24.0 Å². The number of rotatable bonds is 9. The van der Waals surface area contributed by atoms with Gasteiger partial charge in [-0.2, -0.15) is 36.3 Å². The average Bonchev–Trinajstić information content (AvgIpc) is 3.63. The molecule has 10 nitrogen and oxygen atoms in total. The van der Waals surface area contributed by atoms with E-state index in [0.717, 1.165) is 6.08 Å². The average molecular weight is 1470 g/mol. The van der Waals surface area contributed by atoms with E-state index in [2.05, 4.69) is 119 Å². The molecule has 1 heterocycles. The second-order valence-corrected chi connectivity index (χ2v) is 37.1. The van der Waals surface area contributed by atoms with Crippen LogP contribution in [0, 0.1) is 0 Å². The van der Waals surface area contributed by atoms with Gasteiger partial charge in [0.25, 0.3) is 0 Å². The third-order valence-corrected chi connectivity index (χ3v) is 15.7. The fourth-order valence-corrected chi connectivity index (χ4v) is 7.81. The van der Waals surface area contributed by atoms with E-state index >= 15 is 0 Å². The van der Waals surface area contributed by atoms with Gasteiger partial charge in [0.2, 0.25) is 5.12 Å². The van der Waals surface area contributed by atoms with Crippen molar-refractivity contribution < 1.29 is 59.8 Å². The molecule has 0 aromatic rings. The summed E-state index contributed by atoms with van der Waals surface area (Å²) in [7, 11) is -2.34. The second-order valence-electron chi connectivity index (χ2n) is 6.55. The molecule has 0 N–H and O–H groups in total. The number of halogens is 6. The van der Waals surface area contributed by atoms with Crippen molar-refractivity contribution in [2.75, 3.05) is 44.7 Å². The molecule has 0 saturated carbocycles. The van der Waals surface area contributed by atoms with Crippen LogP contribution in [0.3, 0.4) is 0 Å². The summed E-state index contributed by atoms with van der Waals surface area (Å²) in [6.45, 7) is 6.00. The molecular formula is C23H51I6O10S7-. The summed E-state index contributed by atoms with van der Waals surface area (Å²) in [5.74, 6) is 14.3. The van der Waals surface area contributed by atoms with Crippen LogP contribution < -0.4 is 13.3 Å². The second kappa shape index (κ2) is 41.3. The Morgan fingerprint density at radius 2 is 1.35 bits per heavy atom. The van der Waals surface area contributed by atoms with Crippen LogP contribution in [0.15, 0.2) is 12.7 Å².